The van der Waals surface area contributed by atoms with Crippen molar-refractivity contribution < 1.29 is 27.1 Å². The average molecular weight is 467 g/mol. The number of nitrogens with zero attached hydrogens (tertiary/aromatic N) is 1. The Hall–Kier alpha value is -1.80. The second-order valence-corrected chi connectivity index (χ2v) is 7.34. The molecule has 0 aliphatic carbocycles. The highest BCUT2D eigenvalue weighted by Crippen LogP contribution is 2.42. The first-order valence-corrected chi connectivity index (χ1v) is 9.08. The van der Waals surface area contributed by atoms with Crippen LogP contribution in [0.4, 0.5) is 23.2 Å². The molecule has 0 radical (unpaired) electrons. The number of hydrogen-bond donors (Lipinski definition) is 0. The van der Waals surface area contributed by atoms with Crippen LogP contribution in [0, 0.1) is 5.82 Å². The molecule has 0 fully saturated rings. The fourth-order valence-electron chi connectivity index (χ4n) is 2.86. The number of alkyl halides is 3. The molecule has 2 aromatic carbocycles. The van der Waals surface area contributed by atoms with Gasteiger partial charge in [-0.05, 0) is 43.2 Å². The molecular weight excluding hydrogens is 454 g/mol. The van der Waals surface area contributed by atoms with Crippen molar-refractivity contribution >= 4 is 39.1 Å². The maximum Gasteiger partial charge on any atom is 0.425 e. The molecule has 0 saturated carbocycles. The van der Waals surface area contributed by atoms with Gasteiger partial charge in [0.25, 0.3) is 5.91 Å². The zero-order chi connectivity index (χ0) is 19.9. The molecule has 1 atom stereocenters. The second kappa shape index (κ2) is 7.31. The number of halogens is 6. The van der Waals surface area contributed by atoms with Crippen LogP contribution >= 0.6 is 27.5 Å². The van der Waals surface area contributed by atoms with Gasteiger partial charge in [-0.25, -0.2) is 4.39 Å². The van der Waals surface area contributed by atoms with E-state index in [2.05, 4.69) is 15.9 Å². The topological polar surface area (TPSA) is 29.5 Å². The molecule has 0 saturated heterocycles. The summed E-state index contributed by atoms with van der Waals surface area (Å²) in [6, 6.07) is 6.88. The van der Waals surface area contributed by atoms with Crippen molar-refractivity contribution in [1.82, 2.24) is 0 Å². The summed E-state index contributed by atoms with van der Waals surface area (Å²) >= 11 is 9.20. The van der Waals surface area contributed by atoms with Crippen molar-refractivity contribution in [3.05, 3.63) is 56.8 Å². The normalized spacial score (nSPS) is 14.9. The van der Waals surface area contributed by atoms with Crippen molar-refractivity contribution in [2.24, 2.45) is 0 Å². The van der Waals surface area contributed by atoms with Crippen LogP contribution in [-0.4, -0.2) is 24.7 Å². The van der Waals surface area contributed by atoms with Crippen LogP contribution < -0.4 is 9.64 Å². The molecule has 1 aliphatic heterocycles. The summed E-state index contributed by atoms with van der Waals surface area (Å²) in [6.07, 6.45) is -6.26. The van der Waals surface area contributed by atoms with Gasteiger partial charge in [0, 0.05) is 11.0 Å². The zero-order valence-corrected chi connectivity index (χ0v) is 16.3. The third-order valence-corrected chi connectivity index (χ3v) is 4.95. The maximum atomic E-state index is 14.1. The average Bonchev–Trinajstić information content (AvgIpc) is 2.97. The number of anilines is 1. The van der Waals surface area contributed by atoms with E-state index in [4.69, 9.17) is 16.3 Å². The fourth-order valence-corrected chi connectivity index (χ4v) is 3.58. The van der Waals surface area contributed by atoms with Gasteiger partial charge in [0.1, 0.15) is 11.6 Å². The molecule has 1 aliphatic rings. The predicted molar refractivity (Wildman–Crippen MR) is 97.1 cm³/mol. The SMILES string of the molecule is CC(Oc1cc(Br)cc2c1N(C(=O)c1c(F)cccc1Cl)CC2)C(F)(F)F. The van der Waals surface area contributed by atoms with E-state index in [1.807, 2.05) is 0 Å². The van der Waals surface area contributed by atoms with Gasteiger partial charge < -0.3 is 9.64 Å². The highest BCUT2D eigenvalue weighted by atomic mass is 79.9. The van der Waals surface area contributed by atoms with E-state index in [9.17, 15) is 22.4 Å². The maximum absolute atomic E-state index is 14.1. The van der Waals surface area contributed by atoms with Gasteiger partial charge in [-0.3, -0.25) is 4.79 Å². The number of benzene rings is 2. The van der Waals surface area contributed by atoms with Gasteiger partial charge in [0.05, 0.1) is 16.3 Å². The summed E-state index contributed by atoms with van der Waals surface area (Å²) in [5.74, 6) is -1.64. The van der Waals surface area contributed by atoms with E-state index < -0.39 is 24.0 Å². The van der Waals surface area contributed by atoms with Gasteiger partial charge in [0.2, 0.25) is 0 Å². The third kappa shape index (κ3) is 3.91. The first-order valence-electron chi connectivity index (χ1n) is 7.91. The third-order valence-electron chi connectivity index (χ3n) is 4.18. The summed E-state index contributed by atoms with van der Waals surface area (Å²) < 4.78 is 58.6. The van der Waals surface area contributed by atoms with Crippen LogP contribution in [0.5, 0.6) is 5.75 Å². The monoisotopic (exact) mass is 465 g/mol. The Labute approximate surface area is 166 Å². The van der Waals surface area contributed by atoms with Crippen LogP contribution in [0.25, 0.3) is 0 Å². The van der Waals surface area contributed by atoms with Crippen molar-refractivity contribution in [3.63, 3.8) is 0 Å². The van der Waals surface area contributed by atoms with E-state index in [1.165, 1.54) is 23.1 Å². The molecule has 2 aromatic rings. The van der Waals surface area contributed by atoms with Crippen LogP contribution in [0.2, 0.25) is 5.02 Å². The van der Waals surface area contributed by atoms with Gasteiger partial charge in [-0.1, -0.05) is 33.6 Å². The lowest BCUT2D eigenvalue weighted by Gasteiger charge is -2.24. The molecule has 144 valence electrons. The predicted octanol–water partition coefficient (Wildman–Crippen LogP) is 5.77. The quantitative estimate of drug-likeness (QED) is 0.537. The van der Waals surface area contributed by atoms with Crippen LogP contribution in [-0.2, 0) is 6.42 Å². The Morgan fingerprint density at radius 1 is 1.33 bits per heavy atom. The highest BCUT2D eigenvalue weighted by molar-refractivity contribution is 9.10. The van der Waals surface area contributed by atoms with Crippen LogP contribution in [0.1, 0.15) is 22.8 Å². The number of ether oxygens (including phenoxy) is 1. The number of carbonyl (C=O) groups is 1. The first-order chi connectivity index (χ1) is 12.6. The molecular formula is C18H13BrClF4NO2. The second-order valence-electron chi connectivity index (χ2n) is 6.02. The Morgan fingerprint density at radius 2 is 2.04 bits per heavy atom. The van der Waals surface area contributed by atoms with E-state index in [1.54, 1.807) is 6.07 Å². The van der Waals surface area contributed by atoms with Crippen molar-refractivity contribution in [1.29, 1.82) is 0 Å². The van der Waals surface area contributed by atoms with E-state index in [-0.39, 0.29) is 28.6 Å². The van der Waals surface area contributed by atoms with Crippen molar-refractivity contribution in [3.8, 4) is 5.75 Å². The van der Waals surface area contributed by atoms with Crippen molar-refractivity contribution in [2.75, 3.05) is 11.4 Å². The van der Waals surface area contributed by atoms with Crippen LogP contribution in [0.15, 0.2) is 34.8 Å². The van der Waals surface area contributed by atoms with Crippen LogP contribution in [0.3, 0.4) is 0 Å². The molecule has 9 heteroatoms. The first kappa shape index (κ1) is 19.9. The standard InChI is InChI=1S/C18H13BrClF4NO2/c1-9(18(22,23)24)27-14-8-11(19)7-10-5-6-25(16(10)14)17(26)15-12(20)3-2-4-13(15)21/h2-4,7-9H,5-6H2,1H3. The minimum atomic E-state index is -4.57. The molecule has 1 unspecified atom stereocenters. The van der Waals surface area contributed by atoms with Gasteiger partial charge in [-0.2, -0.15) is 13.2 Å². The van der Waals surface area contributed by atoms with Gasteiger partial charge in [-0.15, -0.1) is 0 Å². The minimum Gasteiger partial charge on any atom is -0.479 e. The Balaban J connectivity index is 2.04. The minimum absolute atomic E-state index is 0.0725. The molecule has 1 heterocycles. The lowest BCUT2D eigenvalue weighted by molar-refractivity contribution is -0.189. The number of hydrogen-bond acceptors (Lipinski definition) is 2. The molecule has 3 rings (SSSR count). The summed E-state index contributed by atoms with van der Waals surface area (Å²) in [5.41, 5.74) is 0.484. The van der Waals surface area contributed by atoms with Gasteiger partial charge >= 0.3 is 6.18 Å². The lowest BCUT2D eigenvalue weighted by atomic mass is 10.1. The van der Waals surface area contributed by atoms with E-state index in [0.29, 0.717) is 16.5 Å². The number of rotatable bonds is 3. The summed E-state index contributed by atoms with van der Waals surface area (Å²) in [5, 5.41) is -0.0725. The number of amides is 1. The molecule has 0 aromatic heterocycles. The molecule has 1 amide bonds. The Morgan fingerprint density at radius 3 is 2.67 bits per heavy atom. The zero-order valence-electron chi connectivity index (χ0n) is 13.9. The molecule has 0 N–H and O–H groups in total. The molecule has 3 nitrogen and oxygen atoms in total. The largest absolute Gasteiger partial charge is 0.479 e. The van der Waals surface area contributed by atoms with E-state index >= 15 is 0 Å². The summed E-state index contributed by atoms with van der Waals surface area (Å²) in [4.78, 5) is 14.1. The number of fused-ring (bicyclic) bond motifs is 1. The van der Waals surface area contributed by atoms with Gasteiger partial charge in [0.15, 0.2) is 6.10 Å². The summed E-state index contributed by atoms with van der Waals surface area (Å²) in [7, 11) is 0. The smallest absolute Gasteiger partial charge is 0.425 e. The fraction of sp³-hybridized carbons (Fsp3) is 0.278. The highest BCUT2D eigenvalue weighted by Gasteiger charge is 2.40. The lowest BCUT2D eigenvalue weighted by Crippen LogP contribution is -2.33. The Kier molecular flexibility index (Phi) is 5.40. The summed E-state index contributed by atoms with van der Waals surface area (Å²) in [6.45, 7) is 1.05. The molecule has 0 bridgehead atoms. The number of carbonyl (C=O) groups excluding carboxylic acids is 1. The molecule has 0 spiro atoms. The van der Waals surface area contributed by atoms with E-state index in [0.717, 1.165) is 13.0 Å². The molecule has 27 heavy (non-hydrogen) atoms. The Bertz CT molecular complexity index is 883. The van der Waals surface area contributed by atoms with Crippen molar-refractivity contribution in [2.45, 2.75) is 25.6 Å².